The van der Waals surface area contributed by atoms with Crippen molar-refractivity contribution in [2.45, 2.75) is 38.8 Å². The molecule has 3 aromatic rings. The monoisotopic (exact) mass is 347 g/mol. The van der Waals surface area contributed by atoms with Crippen LogP contribution in [0.15, 0.2) is 35.3 Å². The van der Waals surface area contributed by atoms with Crippen LogP contribution in [-0.2, 0) is 32.4 Å². The van der Waals surface area contributed by atoms with Gasteiger partial charge in [0, 0.05) is 48.4 Å². The number of benzene rings is 1. The number of fused-ring (bicyclic) bond motifs is 2. The first kappa shape index (κ1) is 15.5. The Kier molecular flexibility index (Phi) is 3.71. The van der Waals surface area contributed by atoms with E-state index in [9.17, 15) is 4.79 Å². The van der Waals surface area contributed by atoms with Gasteiger partial charge in [-0.15, -0.1) is 0 Å². The molecule has 6 nitrogen and oxygen atoms in total. The first-order chi connectivity index (χ1) is 12.8. The molecule has 2 N–H and O–H groups in total. The summed E-state index contributed by atoms with van der Waals surface area (Å²) in [6, 6.07) is 8.38. The summed E-state index contributed by atoms with van der Waals surface area (Å²) in [6.45, 7) is 2.89. The summed E-state index contributed by atoms with van der Waals surface area (Å²) < 4.78 is 0. The van der Waals surface area contributed by atoms with E-state index in [2.05, 4.69) is 49.3 Å². The summed E-state index contributed by atoms with van der Waals surface area (Å²) in [6.07, 6.45) is 5.75. The smallest absolute Gasteiger partial charge is 0.254 e. The third-order valence-corrected chi connectivity index (χ3v) is 5.45. The Morgan fingerprint density at radius 3 is 2.88 bits per heavy atom. The van der Waals surface area contributed by atoms with Gasteiger partial charge in [-0.1, -0.05) is 24.3 Å². The third-order valence-electron chi connectivity index (χ3n) is 5.45. The molecular formula is C20H21N5O. The van der Waals surface area contributed by atoms with E-state index in [0.29, 0.717) is 5.82 Å². The van der Waals surface area contributed by atoms with Gasteiger partial charge in [0.25, 0.3) is 5.56 Å². The highest BCUT2D eigenvalue weighted by Gasteiger charge is 2.19. The molecule has 0 bridgehead atoms. The average molecular weight is 347 g/mol. The molecule has 1 aliphatic heterocycles. The average Bonchev–Trinajstić information content (AvgIpc) is 3.31. The summed E-state index contributed by atoms with van der Waals surface area (Å²) in [5.41, 5.74) is 6.67. The van der Waals surface area contributed by atoms with Crippen molar-refractivity contribution in [3.8, 4) is 11.4 Å². The Balaban J connectivity index is 1.34. The van der Waals surface area contributed by atoms with E-state index in [1.54, 1.807) is 0 Å². The zero-order chi connectivity index (χ0) is 17.5. The standard InChI is InChI=1S/C20H21N5O/c26-20-16-2-1-3-18(16)22-19(23-20)14-6-4-13(5-7-14)11-25-9-8-17-15(12-25)10-21-24-17/h4-7,10H,1-3,8-9,11-12H2,(H,21,24)(H,22,23,26). The quantitative estimate of drug-likeness (QED) is 0.761. The second kappa shape index (κ2) is 6.21. The second-order valence-corrected chi connectivity index (χ2v) is 7.22. The molecule has 0 saturated heterocycles. The SMILES string of the molecule is O=c1[nH]c(-c2ccc(CN3CCc4[nH]ncc4C3)cc2)nc2c1CCC2. The van der Waals surface area contributed by atoms with Crippen LogP contribution in [0.5, 0.6) is 0 Å². The Hall–Kier alpha value is -2.73. The molecule has 0 saturated carbocycles. The van der Waals surface area contributed by atoms with E-state index in [1.807, 2.05) is 6.20 Å². The minimum atomic E-state index is 0.0239. The number of hydrogen-bond acceptors (Lipinski definition) is 4. The fourth-order valence-electron chi connectivity index (χ4n) is 4.02. The molecule has 0 amide bonds. The first-order valence-electron chi connectivity index (χ1n) is 9.21. The molecule has 0 spiro atoms. The van der Waals surface area contributed by atoms with Crippen LogP contribution in [0.2, 0.25) is 0 Å². The molecule has 6 heteroatoms. The summed E-state index contributed by atoms with van der Waals surface area (Å²) in [5.74, 6) is 0.684. The molecule has 2 aromatic heterocycles. The lowest BCUT2D eigenvalue weighted by molar-refractivity contribution is 0.245. The Labute approximate surface area is 151 Å². The van der Waals surface area contributed by atoms with Gasteiger partial charge in [0.15, 0.2) is 0 Å². The van der Waals surface area contributed by atoms with E-state index in [1.165, 1.54) is 16.8 Å². The molecule has 26 heavy (non-hydrogen) atoms. The van der Waals surface area contributed by atoms with Gasteiger partial charge in [0.1, 0.15) is 5.82 Å². The molecular weight excluding hydrogens is 326 g/mol. The summed E-state index contributed by atoms with van der Waals surface area (Å²) in [5, 5.41) is 7.21. The third kappa shape index (κ3) is 2.76. The van der Waals surface area contributed by atoms with Crippen molar-refractivity contribution in [3.63, 3.8) is 0 Å². The lowest BCUT2D eigenvalue weighted by atomic mass is 10.1. The van der Waals surface area contributed by atoms with Crippen LogP contribution in [0.25, 0.3) is 11.4 Å². The number of nitrogens with zero attached hydrogens (tertiary/aromatic N) is 3. The summed E-state index contributed by atoms with van der Waals surface area (Å²) in [4.78, 5) is 22.3. The van der Waals surface area contributed by atoms with Crippen molar-refractivity contribution in [1.82, 2.24) is 25.1 Å². The predicted molar refractivity (Wildman–Crippen MR) is 98.7 cm³/mol. The van der Waals surface area contributed by atoms with Gasteiger partial charge < -0.3 is 4.98 Å². The molecule has 1 aliphatic carbocycles. The molecule has 2 aliphatic rings. The predicted octanol–water partition coefficient (Wildman–Crippen LogP) is 2.21. The summed E-state index contributed by atoms with van der Waals surface area (Å²) >= 11 is 0. The van der Waals surface area contributed by atoms with Crippen molar-refractivity contribution in [2.75, 3.05) is 6.54 Å². The fourth-order valence-corrected chi connectivity index (χ4v) is 4.02. The van der Waals surface area contributed by atoms with Gasteiger partial charge in [0.05, 0.1) is 11.9 Å². The van der Waals surface area contributed by atoms with Gasteiger partial charge in [-0.05, 0) is 24.8 Å². The van der Waals surface area contributed by atoms with Crippen molar-refractivity contribution in [1.29, 1.82) is 0 Å². The minimum absolute atomic E-state index is 0.0239. The van der Waals surface area contributed by atoms with E-state index in [4.69, 9.17) is 0 Å². The van der Waals surface area contributed by atoms with Gasteiger partial charge in [-0.2, -0.15) is 5.10 Å². The van der Waals surface area contributed by atoms with Gasteiger partial charge >= 0.3 is 0 Å². The highest BCUT2D eigenvalue weighted by Crippen LogP contribution is 2.22. The van der Waals surface area contributed by atoms with E-state index < -0.39 is 0 Å². The molecule has 1 aromatic carbocycles. The Morgan fingerprint density at radius 2 is 2.00 bits per heavy atom. The molecule has 0 radical (unpaired) electrons. The molecule has 0 fully saturated rings. The normalized spacial score (nSPS) is 16.5. The van der Waals surface area contributed by atoms with Gasteiger partial charge in [0.2, 0.25) is 0 Å². The lowest BCUT2D eigenvalue weighted by Gasteiger charge is -2.26. The van der Waals surface area contributed by atoms with Crippen molar-refractivity contribution in [2.24, 2.45) is 0 Å². The maximum atomic E-state index is 12.2. The minimum Gasteiger partial charge on any atom is -0.306 e. The first-order valence-corrected chi connectivity index (χ1v) is 9.21. The number of H-pyrrole nitrogens is 2. The number of aryl methyl sites for hydroxylation is 1. The van der Waals surface area contributed by atoms with Crippen molar-refractivity contribution in [3.05, 3.63) is 68.9 Å². The summed E-state index contributed by atoms with van der Waals surface area (Å²) in [7, 11) is 0. The largest absolute Gasteiger partial charge is 0.306 e. The zero-order valence-electron chi connectivity index (χ0n) is 14.6. The van der Waals surface area contributed by atoms with Crippen molar-refractivity contribution >= 4 is 0 Å². The van der Waals surface area contributed by atoms with Crippen LogP contribution < -0.4 is 5.56 Å². The van der Waals surface area contributed by atoms with Crippen LogP contribution in [0.1, 0.15) is 34.5 Å². The number of nitrogens with one attached hydrogen (secondary N) is 2. The van der Waals surface area contributed by atoms with Gasteiger partial charge in [-0.25, -0.2) is 4.98 Å². The topological polar surface area (TPSA) is 77.7 Å². The van der Waals surface area contributed by atoms with Crippen LogP contribution >= 0.6 is 0 Å². The fraction of sp³-hybridized carbons (Fsp3) is 0.350. The van der Waals surface area contributed by atoms with Crippen LogP contribution in [-0.4, -0.2) is 31.6 Å². The highest BCUT2D eigenvalue weighted by atomic mass is 16.1. The van der Waals surface area contributed by atoms with E-state index in [0.717, 1.165) is 62.1 Å². The van der Waals surface area contributed by atoms with E-state index >= 15 is 0 Å². The molecule has 0 atom stereocenters. The van der Waals surface area contributed by atoms with Crippen molar-refractivity contribution < 1.29 is 0 Å². The van der Waals surface area contributed by atoms with Crippen LogP contribution in [0, 0.1) is 0 Å². The van der Waals surface area contributed by atoms with E-state index in [-0.39, 0.29) is 5.56 Å². The molecule has 5 rings (SSSR count). The molecule has 0 unspecified atom stereocenters. The van der Waals surface area contributed by atoms with Gasteiger partial charge in [-0.3, -0.25) is 14.8 Å². The van der Waals surface area contributed by atoms with Crippen LogP contribution in [0.3, 0.4) is 0 Å². The number of hydrogen-bond donors (Lipinski definition) is 2. The Bertz CT molecular complexity index is 1000. The maximum absolute atomic E-state index is 12.2. The highest BCUT2D eigenvalue weighted by molar-refractivity contribution is 5.56. The Morgan fingerprint density at radius 1 is 1.12 bits per heavy atom. The van der Waals surface area contributed by atoms with Crippen LogP contribution in [0.4, 0.5) is 0 Å². The molecule has 132 valence electrons. The number of rotatable bonds is 3. The number of aromatic nitrogens is 4. The molecule has 3 heterocycles. The maximum Gasteiger partial charge on any atom is 0.254 e. The number of aromatic amines is 2. The second-order valence-electron chi connectivity index (χ2n) is 7.22. The lowest BCUT2D eigenvalue weighted by Crippen LogP contribution is -2.29. The zero-order valence-corrected chi connectivity index (χ0v) is 14.6.